The van der Waals surface area contributed by atoms with Crippen molar-refractivity contribution in [3.05, 3.63) is 30.1 Å². The second kappa shape index (κ2) is 6.97. The van der Waals surface area contributed by atoms with Gasteiger partial charge in [0, 0.05) is 39.9 Å². The first-order valence-corrected chi connectivity index (χ1v) is 8.61. The van der Waals surface area contributed by atoms with Gasteiger partial charge < -0.3 is 4.90 Å². The van der Waals surface area contributed by atoms with E-state index in [4.69, 9.17) is 0 Å². The van der Waals surface area contributed by atoms with Gasteiger partial charge in [0.15, 0.2) is 0 Å². The highest BCUT2D eigenvalue weighted by molar-refractivity contribution is 5.77. The van der Waals surface area contributed by atoms with Crippen molar-refractivity contribution in [3.8, 4) is 0 Å². The molecule has 5 heteroatoms. The summed E-state index contributed by atoms with van der Waals surface area (Å²) in [4.78, 5) is 23.0. The number of hydrogen-bond acceptors (Lipinski definition) is 4. The number of likely N-dealkylation sites (N-methyl/N-ethyl adjacent to an activating group) is 1. The van der Waals surface area contributed by atoms with Crippen molar-refractivity contribution >= 4 is 5.91 Å². The van der Waals surface area contributed by atoms with E-state index in [0.29, 0.717) is 12.0 Å². The summed E-state index contributed by atoms with van der Waals surface area (Å²) in [5.41, 5.74) is 1.53. The van der Waals surface area contributed by atoms with Crippen LogP contribution in [0.4, 0.5) is 0 Å². The molecule has 0 unspecified atom stereocenters. The van der Waals surface area contributed by atoms with Gasteiger partial charge in [-0.1, -0.05) is 6.07 Å². The highest BCUT2D eigenvalue weighted by Crippen LogP contribution is 2.39. The number of piperidine rings is 1. The zero-order chi connectivity index (χ0) is 16.3. The number of nitrogens with zero attached hydrogens (tertiary/aromatic N) is 4. The number of likely N-dealkylation sites (tertiary alicyclic amines) is 2. The Labute approximate surface area is 139 Å². The molecule has 1 aromatic heterocycles. The summed E-state index contributed by atoms with van der Waals surface area (Å²) < 4.78 is 0. The molecule has 1 spiro atoms. The van der Waals surface area contributed by atoms with Crippen molar-refractivity contribution in [1.82, 2.24) is 19.7 Å². The van der Waals surface area contributed by atoms with Crippen molar-refractivity contribution in [1.29, 1.82) is 0 Å². The lowest BCUT2D eigenvalue weighted by atomic mass is 9.79. The molecule has 126 valence electrons. The van der Waals surface area contributed by atoms with Crippen LogP contribution >= 0.6 is 0 Å². The standard InChI is InChI=1S/C18H28N4O/c1-20(2)17(23)13-21-10-5-7-18(14-21)8-11-22(15-18)12-16-6-3-4-9-19-16/h3-4,6,9H,5,7-8,10-15H2,1-2H3/t18-/m1/s1. The first-order chi connectivity index (χ1) is 11.1. The van der Waals surface area contributed by atoms with Gasteiger partial charge in [0.1, 0.15) is 0 Å². The van der Waals surface area contributed by atoms with Crippen LogP contribution in [0.15, 0.2) is 24.4 Å². The third-order valence-electron chi connectivity index (χ3n) is 5.23. The van der Waals surface area contributed by atoms with Crippen molar-refractivity contribution in [2.45, 2.75) is 25.8 Å². The lowest BCUT2D eigenvalue weighted by molar-refractivity contribution is -0.130. The molecule has 0 radical (unpaired) electrons. The van der Waals surface area contributed by atoms with Gasteiger partial charge in [-0.15, -0.1) is 0 Å². The fourth-order valence-corrected chi connectivity index (χ4v) is 3.99. The van der Waals surface area contributed by atoms with Gasteiger partial charge in [0.05, 0.1) is 12.2 Å². The molecule has 2 fully saturated rings. The highest BCUT2D eigenvalue weighted by atomic mass is 16.2. The maximum absolute atomic E-state index is 12.0. The van der Waals surface area contributed by atoms with Crippen LogP contribution in [0, 0.1) is 5.41 Å². The quantitative estimate of drug-likeness (QED) is 0.843. The molecule has 1 aromatic rings. The maximum Gasteiger partial charge on any atom is 0.236 e. The second-order valence-corrected chi connectivity index (χ2v) is 7.38. The molecule has 2 aliphatic heterocycles. The number of rotatable bonds is 4. The first kappa shape index (κ1) is 16.4. The molecule has 23 heavy (non-hydrogen) atoms. The van der Waals surface area contributed by atoms with Crippen molar-refractivity contribution < 1.29 is 4.79 Å². The summed E-state index contributed by atoms with van der Waals surface area (Å²) in [5, 5.41) is 0. The summed E-state index contributed by atoms with van der Waals surface area (Å²) >= 11 is 0. The van der Waals surface area contributed by atoms with Gasteiger partial charge in [0.25, 0.3) is 0 Å². The summed E-state index contributed by atoms with van der Waals surface area (Å²) in [6, 6.07) is 6.13. The van der Waals surface area contributed by atoms with Gasteiger partial charge in [0.2, 0.25) is 5.91 Å². The molecule has 3 rings (SSSR count). The Morgan fingerprint density at radius 1 is 1.22 bits per heavy atom. The van der Waals surface area contributed by atoms with Crippen LogP contribution in [0.3, 0.4) is 0 Å². The Morgan fingerprint density at radius 2 is 2.04 bits per heavy atom. The zero-order valence-corrected chi connectivity index (χ0v) is 14.4. The van der Waals surface area contributed by atoms with Crippen LogP contribution in [0.25, 0.3) is 0 Å². The second-order valence-electron chi connectivity index (χ2n) is 7.38. The zero-order valence-electron chi connectivity index (χ0n) is 14.4. The van der Waals surface area contributed by atoms with Crippen LogP contribution in [-0.4, -0.2) is 72.4 Å². The number of amides is 1. The van der Waals surface area contributed by atoms with E-state index >= 15 is 0 Å². The summed E-state index contributed by atoms with van der Waals surface area (Å²) in [5.74, 6) is 0.213. The Bertz CT molecular complexity index is 533. The molecular formula is C18H28N4O. The highest BCUT2D eigenvalue weighted by Gasteiger charge is 2.41. The summed E-state index contributed by atoms with van der Waals surface area (Å²) in [6.45, 7) is 5.91. The van der Waals surface area contributed by atoms with E-state index in [0.717, 1.165) is 38.4 Å². The lowest BCUT2D eigenvalue weighted by Gasteiger charge is -2.40. The van der Waals surface area contributed by atoms with Gasteiger partial charge in [-0.25, -0.2) is 0 Å². The SMILES string of the molecule is CN(C)C(=O)CN1CCC[C@@]2(CCN(Cc3ccccn3)C2)C1. The lowest BCUT2D eigenvalue weighted by Crippen LogP contribution is -2.48. The molecule has 5 nitrogen and oxygen atoms in total. The topological polar surface area (TPSA) is 39.7 Å². The van der Waals surface area contributed by atoms with E-state index in [1.165, 1.54) is 19.3 Å². The fraction of sp³-hybridized carbons (Fsp3) is 0.667. The van der Waals surface area contributed by atoms with Crippen molar-refractivity contribution in [2.75, 3.05) is 46.8 Å². The van der Waals surface area contributed by atoms with Gasteiger partial charge >= 0.3 is 0 Å². The minimum atomic E-state index is 0.213. The van der Waals surface area contributed by atoms with Gasteiger partial charge in [-0.2, -0.15) is 0 Å². The molecule has 0 aromatic carbocycles. The normalized spacial score (nSPS) is 25.8. The number of carbonyl (C=O) groups excluding carboxylic acids is 1. The Morgan fingerprint density at radius 3 is 2.78 bits per heavy atom. The van der Waals surface area contributed by atoms with Gasteiger partial charge in [-0.05, 0) is 49.9 Å². The Balaban J connectivity index is 1.56. The van der Waals surface area contributed by atoms with Crippen LogP contribution in [0.1, 0.15) is 25.0 Å². The predicted molar refractivity (Wildman–Crippen MR) is 90.9 cm³/mol. The van der Waals surface area contributed by atoms with E-state index in [1.54, 1.807) is 4.90 Å². The van der Waals surface area contributed by atoms with Crippen molar-refractivity contribution in [3.63, 3.8) is 0 Å². The molecular weight excluding hydrogens is 288 g/mol. The summed E-state index contributed by atoms with van der Waals surface area (Å²) in [6.07, 6.45) is 5.61. The molecule has 1 amide bonds. The van der Waals surface area contributed by atoms with E-state index in [1.807, 2.05) is 26.4 Å². The largest absolute Gasteiger partial charge is 0.348 e. The average Bonchev–Trinajstić information content (AvgIpc) is 2.90. The predicted octanol–water partition coefficient (Wildman–Crippen LogP) is 1.46. The molecule has 1 atom stereocenters. The molecule has 0 saturated carbocycles. The first-order valence-electron chi connectivity index (χ1n) is 8.61. The van der Waals surface area contributed by atoms with E-state index in [2.05, 4.69) is 26.9 Å². The van der Waals surface area contributed by atoms with Gasteiger partial charge in [-0.3, -0.25) is 19.6 Å². The molecule has 2 aliphatic rings. The average molecular weight is 316 g/mol. The third-order valence-corrected chi connectivity index (χ3v) is 5.23. The fourth-order valence-electron chi connectivity index (χ4n) is 3.99. The number of pyridine rings is 1. The van der Waals surface area contributed by atoms with Crippen LogP contribution in [0.2, 0.25) is 0 Å². The molecule has 0 bridgehead atoms. The van der Waals surface area contributed by atoms with E-state index < -0.39 is 0 Å². The molecule has 0 aliphatic carbocycles. The number of carbonyl (C=O) groups is 1. The van der Waals surface area contributed by atoms with E-state index in [9.17, 15) is 4.79 Å². The maximum atomic E-state index is 12.0. The Kier molecular flexibility index (Phi) is 4.97. The van der Waals surface area contributed by atoms with E-state index in [-0.39, 0.29) is 5.91 Å². The smallest absolute Gasteiger partial charge is 0.236 e. The third kappa shape index (κ3) is 4.09. The monoisotopic (exact) mass is 316 g/mol. The number of aromatic nitrogens is 1. The Hall–Kier alpha value is -1.46. The minimum absolute atomic E-state index is 0.213. The van der Waals surface area contributed by atoms with Crippen LogP contribution < -0.4 is 0 Å². The minimum Gasteiger partial charge on any atom is -0.348 e. The molecule has 3 heterocycles. The molecule has 0 N–H and O–H groups in total. The number of hydrogen-bond donors (Lipinski definition) is 0. The van der Waals surface area contributed by atoms with Crippen LogP contribution in [0.5, 0.6) is 0 Å². The van der Waals surface area contributed by atoms with Crippen molar-refractivity contribution in [2.24, 2.45) is 5.41 Å². The molecule has 2 saturated heterocycles. The summed E-state index contributed by atoms with van der Waals surface area (Å²) in [7, 11) is 3.68. The van der Waals surface area contributed by atoms with Crippen LogP contribution in [-0.2, 0) is 11.3 Å².